The Morgan fingerprint density at radius 2 is 1.75 bits per heavy atom. The van der Waals surface area contributed by atoms with Crippen molar-refractivity contribution < 1.29 is 28.8 Å². The van der Waals surface area contributed by atoms with E-state index in [0.29, 0.717) is 15.6 Å². The second-order valence-electron chi connectivity index (χ2n) is 6.16. The second-order valence-corrected chi connectivity index (χ2v) is 7.00. The van der Waals surface area contributed by atoms with Crippen LogP contribution >= 0.6 is 23.2 Å². The van der Waals surface area contributed by atoms with Crippen LogP contribution in [0.15, 0.2) is 67.0 Å². The summed E-state index contributed by atoms with van der Waals surface area (Å²) in [6.07, 6.45) is 1.64. The monoisotopic (exact) mass is 402 g/mol. The topological polar surface area (TPSA) is 57.9 Å². The Hall–Kier alpha value is -2.22. The molecule has 0 radical (unpaired) electrons. The van der Waals surface area contributed by atoms with E-state index in [0.717, 1.165) is 27.8 Å². The van der Waals surface area contributed by atoms with E-state index >= 15 is 0 Å². The van der Waals surface area contributed by atoms with Crippen LogP contribution in [0.25, 0.3) is 27.8 Å². The average molecular weight is 403 g/mol. The van der Waals surface area contributed by atoms with Crippen LogP contribution in [0.1, 0.15) is 5.56 Å². The molecule has 0 bridgehead atoms. The summed E-state index contributed by atoms with van der Waals surface area (Å²) in [4.78, 5) is 15.2. The first-order valence-corrected chi connectivity index (χ1v) is 8.98. The summed E-state index contributed by atoms with van der Waals surface area (Å²) < 4.78 is 1.95. The van der Waals surface area contributed by atoms with Gasteiger partial charge in [0.25, 0.3) is 0 Å². The number of carbonyl (C=O) groups is 1. The normalized spacial score (nSPS) is 10.6. The van der Waals surface area contributed by atoms with Gasteiger partial charge in [-0.15, -0.1) is 0 Å². The molecule has 134 valence electrons. The van der Waals surface area contributed by atoms with Gasteiger partial charge in [-0.2, -0.15) is 0 Å². The van der Waals surface area contributed by atoms with Crippen molar-refractivity contribution in [2.24, 2.45) is 0 Å². The fourth-order valence-corrected chi connectivity index (χ4v) is 3.57. The fourth-order valence-electron chi connectivity index (χ4n) is 3.05. The molecule has 0 aliphatic carbocycles. The fraction of sp³-hybridized carbons (Fsp3) is 0.0476. The molecule has 0 saturated carbocycles. The van der Waals surface area contributed by atoms with E-state index in [2.05, 4.69) is 4.98 Å². The third-order valence-electron chi connectivity index (χ3n) is 4.35. The third kappa shape index (κ3) is 4.11. The van der Waals surface area contributed by atoms with Gasteiger partial charge in [-0.25, -0.2) is 4.98 Å². The molecule has 0 fully saturated rings. The Balaban J connectivity index is 0.00000225. The zero-order valence-electron chi connectivity index (χ0n) is 15.0. The Bertz CT molecular complexity index is 1160. The van der Waals surface area contributed by atoms with Crippen LogP contribution in [-0.4, -0.2) is 15.5 Å². The first kappa shape index (κ1) is 20.5. The van der Waals surface area contributed by atoms with Crippen LogP contribution in [0.3, 0.4) is 0 Å². The zero-order valence-corrected chi connectivity index (χ0v) is 16.5. The summed E-state index contributed by atoms with van der Waals surface area (Å²) >= 11 is 12.3. The molecule has 4 nitrogen and oxygen atoms in total. The Morgan fingerprint density at radius 1 is 1.00 bits per heavy atom. The third-order valence-corrected chi connectivity index (χ3v) is 4.90. The number of rotatable bonds is 4. The maximum Gasteiger partial charge on any atom is 1.00 e. The molecule has 3 aromatic carbocycles. The molecular weight excluding hydrogens is 390 g/mol. The standard InChI is InChI=1S/C21H14Cl2N2O2.Li/c22-15-4-7-17(18(23)11-15)14-3-8-20-19(10-14)24-12-25(20)16-5-1-13(2-6-16)9-21(26)27;/h1-8,10-12H,9H2,(H,26,27);/q;+1/p-1. The SMILES string of the molecule is O=C([O-])Cc1ccc(-n2cnc3cc(-c4ccc(Cl)cc4Cl)ccc32)cc1.[Li+]. The van der Waals surface area contributed by atoms with Crippen LogP contribution in [-0.2, 0) is 11.2 Å². The first-order chi connectivity index (χ1) is 13.0. The van der Waals surface area contributed by atoms with E-state index in [1.165, 1.54) is 0 Å². The molecule has 4 aromatic rings. The van der Waals surface area contributed by atoms with E-state index in [4.69, 9.17) is 23.2 Å². The Kier molecular flexibility index (Phi) is 6.17. The van der Waals surface area contributed by atoms with Crippen molar-refractivity contribution in [1.29, 1.82) is 0 Å². The molecule has 28 heavy (non-hydrogen) atoms. The summed E-state index contributed by atoms with van der Waals surface area (Å²) in [6, 6.07) is 18.6. The van der Waals surface area contributed by atoms with Crippen molar-refractivity contribution in [3.05, 3.63) is 82.6 Å². The molecule has 0 aliphatic rings. The van der Waals surface area contributed by atoms with Gasteiger partial charge in [-0.05, 0) is 47.5 Å². The number of fused-ring (bicyclic) bond motifs is 1. The predicted molar refractivity (Wildman–Crippen MR) is 105 cm³/mol. The summed E-state index contributed by atoms with van der Waals surface area (Å²) in [5, 5.41) is 11.9. The number of imidazole rings is 1. The molecule has 1 aromatic heterocycles. The second kappa shape index (κ2) is 8.42. The molecule has 1 heterocycles. The van der Waals surface area contributed by atoms with Crippen molar-refractivity contribution >= 4 is 40.2 Å². The maximum atomic E-state index is 10.7. The minimum Gasteiger partial charge on any atom is -0.550 e. The smallest absolute Gasteiger partial charge is 0.550 e. The van der Waals surface area contributed by atoms with Crippen molar-refractivity contribution in [1.82, 2.24) is 9.55 Å². The number of hydrogen-bond donors (Lipinski definition) is 0. The van der Waals surface area contributed by atoms with Gasteiger partial charge in [0.1, 0.15) is 6.33 Å². The quantitative estimate of drug-likeness (QED) is 0.483. The van der Waals surface area contributed by atoms with E-state index < -0.39 is 5.97 Å². The predicted octanol–water partition coefficient (Wildman–Crippen LogP) is 1.30. The number of hydrogen-bond acceptors (Lipinski definition) is 3. The number of aliphatic carboxylic acids is 1. The maximum absolute atomic E-state index is 10.7. The molecule has 0 unspecified atom stereocenters. The molecule has 0 spiro atoms. The largest absolute Gasteiger partial charge is 1.00 e. The van der Waals surface area contributed by atoms with Crippen molar-refractivity contribution in [3.8, 4) is 16.8 Å². The van der Waals surface area contributed by atoms with E-state index in [1.807, 2.05) is 41.0 Å². The van der Waals surface area contributed by atoms with Crippen LogP contribution in [0.4, 0.5) is 0 Å². The zero-order chi connectivity index (χ0) is 19.0. The van der Waals surface area contributed by atoms with Gasteiger partial charge in [0.2, 0.25) is 0 Å². The number of halogens is 2. The van der Waals surface area contributed by atoms with Crippen molar-refractivity contribution in [2.75, 3.05) is 0 Å². The van der Waals surface area contributed by atoms with E-state index in [-0.39, 0.29) is 25.3 Å². The molecule has 0 N–H and O–H groups in total. The molecular formula is C21H13Cl2LiN2O2. The van der Waals surface area contributed by atoms with Crippen LogP contribution in [0, 0.1) is 0 Å². The number of benzene rings is 3. The molecule has 7 heteroatoms. The van der Waals surface area contributed by atoms with Gasteiger partial charge in [0, 0.05) is 33.7 Å². The molecule has 0 atom stereocenters. The van der Waals surface area contributed by atoms with Gasteiger partial charge in [-0.1, -0.05) is 47.5 Å². The van der Waals surface area contributed by atoms with Gasteiger partial charge in [0.05, 0.1) is 11.0 Å². The van der Waals surface area contributed by atoms with Crippen LogP contribution in [0.5, 0.6) is 0 Å². The van der Waals surface area contributed by atoms with Gasteiger partial charge in [-0.3, -0.25) is 4.57 Å². The molecule has 4 rings (SSSR count). The van der Waals surface area contributed by atoms with Crippen molar-refractivity contribution in [3.63, 3.8) is 0 Å². The minimum absolute atomic E-state index is 0. The number of carbonyl (C=O) groups excluding carboxylic acids is 1. The first-order valence-electron chi connectivity index (χ1n) is 8.23. The summed E-state index contributed by atoms with van der Waals surface area (Å²) in [7, 11) is 0. The van der Waals surface area contributed by atoms with Crippen molar-refractivity contribution in [2.45, 2.75) is 6.42 Å². The van der Waals surface area contributed by atoms with E-state index in [9.17, 15) is 9.90 Å². The minimum atomic E-state index is -1.09. The summed E-state index contributed by atoms with van der Waals surface area (Å²) in [5.74, 6) is -1.09. The summed E-state index contributed by atoms with van der Waals surface area (Å²) in [5.41, 5.74) is 5.22. The number of aromatic nitrogens is 2. The number of carboxylic acid groups (broad SMARTS) is 1. The van der Waals surface area contributed by atoms with Gasteiger partial charge in [0.15, 0.2) is 0 Å². The Morgan fingerprint density at radius 3 is 2.43 bits per heavy atom. The van der Waals surface area contributed by atoms with Gasteiger partial charge >= 0.3 is 18.9 Å². The average Bonchev–Trinajstić information content (AvgIpc) is 3.05. The molecule has 0 amide bonds. The van der Waals surface area contributed by atoms with E-state index in [1.54, 1.807) is 30.6 Å². The molecule has 0 saturated heterocycles. The van der Waals surface area contributed by atoms with Crippen LogP contribution < -0.4 is 24.0 Å². The van der Waals surface area contributed by atoms with Gasteiger partial charge < -0.3 is 9.90 Å². The summed E-state index contributed by atoms with van der Waals surface area (Å²) in [6.45, 7) is 0. The number of nitrogens with zero attached hydrogens (tertiary/aromatic N) is 2. The number of carboxylic acids is 1. The Labute approximate surface area is 183 Å². The van der Waals surface area contributed by atoms with Crippen LogP contribution in [0.2, 0.25) is 10.0 Å². The molecule has 0 aliphatic heterocycles.